The van der Waals surface area contributed by atoms with Crippen LogP contribution in [0.3, 0.4) is 0 Å². The highest BCUT2D eigenvalue weighted by Crippen LogP contribution is 2.34. The van der Waals surface area contributed by atoms with Crippen LogP contribution in [0, 0.1) is 0 Å². The van der Waals surface area contributed by atoms with E-state index in [0.717, 1.165) is 37.7 Å². The number of nitrogens with one attached hydrogen (secondary N) is 2. The van der Waals surface area contributed by atoms with Gasteiger partial charge in [-0.2, -0.15) is 0 Å². The fraction of sp³-hybridized carbons (Fsp3) is 0.464. The van der Waals surface area contributed by atoms with E-state index in [1.165, 1.54) is 20.5 Å². The van der Waals surface area contributed by atoms with Gasteiger partial charge in [-0.3, -0.25) is 9.59 Å². The van der Waals surface area contributed by atoms with Crippen molar-refractivity contribution >= 4 is 51.6 Å². The lowest BCUT2D eigenvalue weighted by Crippen LogP contribution is -2.38. The molecule has 1 aromatic carbocycles. The molecule has 0 bridgehead atoms. The summed E-state index contributed by atoms with van der Waals surface area (Å²) in [5, 5.41) is 6.97. The van der Waals surface area contributed by atoms with Crippen molar-refractivity contribution in [1.82, 2.24) is 15.0 Å². The molecule has 2 aromatic heterocycles. The third kappa shape index (κ3) is 7.11. The Morgan fingerprint density at radius 1 is 0.927 bits per heavy atom. The smallest absolute Gasteiger partial charge is 0.305 e. The van der Waals surface area contributed by atoms with Crippen molar-refractivity contribution in [2.45, 2.75) is 19.3 Å². The molecule has 0 radical (unpaired) electrons. The van der Waals surface area contributed by atoms with Gasteiger partial charge < -0.3 is 39.4 Å². The summed E-state index contributed by atoms with van der Waals surface area (Å²) >= 11 is 0. The number of amides is 1. The number of anilines is 5. The van der Waals surface area contributed by atoms with Gasteiger partial charge in [-0.05, 0) is 12.5 Å². The Bertz CT molecular complexity index is 1340. The number of esters is 1. The summed E-state index contributed by atoms with van der Waals surface area (Å²) in [7, 11) is 2.86. The van der Waals surface area contributed by atoms with Gasteiger partial charge in [0.25, 0.3) is 0 Å². The van der Waals surface area contributed by atoms with Gasteiger partial charge in [-0.25, -0.2) is 15.0 Å². The minimum atomic E-state index is -0.350. The fourth-order valence-electron chi connectivity index (χ4n) is 4.80. The van der Waals surface area contributed by atoms with E-state index < -0.39 is 0 Å². The lowest BCUT2D eigenvalue weighted by molar-refractivity contribution is -0.140. The van der Waals surface area contributed by atoms with E-state index in [1.54, 1.807) is 12.1 Å². The molecular formula is C28H35N7O6. The van der Waals surface area contributed by atoms with E-state index in [0.29, 0.717) is 66.8 Å². The van der Waals surface area contributed by atoms with Gasteiger partial charge in [0.05, 0.1) is 51.9 Å². The Kier molecular flexibility index (Phi) is 9.26. The molecular weight excluding hydrogens is 530 g/mol. The molecule has 1 amide bonds. The van der Waals surface area contributed by atoms with Crippen LogP contribution in [0.25, 0.3) is 10.9 Å². The summed E-state index contributed by atoms with van der Waals surface area (Å²) in [6, 6.07) is 7.65. The van der Waals surface area contributed by atoms with Gasteiger partial charge in [0.1, 0.15) is 29.5 Å². The number of carbonyl (C=O) groups is 2. The van der Waals surface area contributed by atoms with Crippen LogP contribution in [-0.4, -0.2) is 93.7 Å². The second-order valence-electron chi connectivity index (χ2n) is 9.66. The van der Waals surface area contributed by atoms with Crippen molar-refractivity contribution in [3.63, 3.8) is 0 Å². The molecule has 13 nitrogen and oxygen atoms in total. The Balaban J connectivity index is 1.43. The predicted molar refractivity (Wildman–Crippen MR) is 154 cm³/mol. The van der Waals surface area contributed by atoms with Crippen LogP contribution in [0.5, 0.6) is 5.75 Å². The molecule has 2 aliphatic rings. The van der Waals surface area contributed by atoms with Crippen molar-refractivity contribution in [2.75, 3.05) is 87.3 Å². The number of nitrogens with zero attached hydrogens (tertiary/aromatic N) is 5. The first-order valence-corrected chi connectivity index (χ1v) is 13.7. The topological polar surface area (TPSA) is 140 Å². The van der Waals surface area contributed by atoms with Crippen LogP contribution in [0.4, 0.5) is 28.8 Å². The maximum absolute atomic E-state index is 12.6. The van der Waals surface area contributed by atoms with Crippen molar-refractivity contribution < 1.29 is 28.5 Å². The monoisotopic (exact) mass is 565 g/mol. The van der Waals surface area contributed by atoms with Crippen molar-refractivity contribution in [2.24, 2.45) is 0 Å². The number of ether oxygens (including phenoxy) is 4. The van der Waals surface area contributed by atoms with Gasteiger partial charge in [0.2, 0.25) is 5.91 Å². The maximum atomic E-state index is 12.6. The van der Waals surface area contributed by atoms with Crippen LogP contribution in [0.15, 0.2) is 30.6 Å². The van der Waals surface area contributed by atoms with Crippen molar-refractivity contribution in [3.8, 4) is 5.75 Å². The first kappa shape index (κ1) is 28.3. The zero-order valence-corrected chi connectivity index (χ0v) is 23.4. The first-order chi connectivity index (χ1) is 20.0. The van der Waals surface area contributed by atoms with Gasteiger partial charge >= 0.3 is 5.97 Å². The van der Waals surface area contributed by atoms with E-state index >= 15 is 0 Å². The third-order valence-electron chi connectivity index (χ3n) is 7.00. The second-order valence-corrected chi connectivity index (χ2v) is 9.66. The molecule has 2 aliphatic heterocycles. The van der Waals surface area contributed by atoms with Crippen LogP contribution >= 0.6 is 0 Å². The average Bonchev–Trinajstić information content (AvgIpc) is 3.01. The molecule has 2 N–H and O–H groups in total. The van der Waals surface area contributed by atoms with E-state index in [9.17, 15) is 9.59 Å². The number of pyridine rings is 1. The summed E-state index contributed by atoms with van der Waals surface area (Å²) in [5.74, 6) is 1.91. The number of fused-ring (bicyclic) bond motifs is 1. The zero-order valence-electron chi connectivity index (χ0n) is 23.4. The summed E-state index contributed by atoms with van der Waals surface area (Å²) in [6.07, 6.45) is 2.18. The van der Waals surface area contributed by atoms with E-state index in [1.807, 2.05) is 6.07 Å². The van der Waals surface area contributed by atoms with Gasteiger partial charge in [-0.15, -0.1) is 0 Å². The first-order valence-electron chi connectivity index (χ1n) is 13.7. The third-order valence-corrected chi connectivity index (χ3v) is 7.00. The molecule has 0 aliphatic carbocycles. The normalized spacial score (nSPS) is 15.5. The summed E-state index contributed by atoms with van der Waals surface area (Å²) in [4.78, 5) is 42.4. The predicted octanol–water partition coefficient (Wildman–Crippen LogP) is 2.73. The number of hydrogen-bond donors (Lipinski definition) is 2. The molecule has 4 heterocycles. The molecule has 0 atom stereocenters. The number of rotatable bonds is 10. The molecule has 218 valence electrons. The molecule has 13 heteroatoms. The largest absolute Gasteiger partial charge is 0.494 e. The van der Waals surface area contributed by atoms with Crippen molar-refractivity contribution in [1.29, 1.82) is 0 Å². The quantitative estimate of drug-likeness (QED) is 0.349. The number of hydrogen-bond acceptors (Lipinski definition) is 12. The standard InChI is InChI=1S/C28H35N7O6/c1-38-23-17-21-20(16-22(23)31-26(36)4-3-5-27(37)39-2)28(30-18-29-21)33-24-14-19(34-6-10-40-11-7-34)15-25(32-24)35-8-12-41-13-9-35/h14-18H,3-13H2,1-2H3,(H,31,36)(H,29,30,32,33). The summed E-state index contributed by atoms with van der Waals surface area (Å²) < 4.78 is 21.3. The molecule has 41 heavy (non-hydrogen) atoms. The van der Waals surface area contributed by atoms with E-state index in [2.05, 4.69) is 41.2 Å². The number of benzene rings is 1. The minimum absolute atomic E-state index is 0.162. The average molecular weight is 566 g/mol. The van der Waals surface area contributed by atoms with E-state index in [4.69, 9.17) is 19.2 Å². The van der Waals surface area contributed by atoms with Crippen LogP contribution in [0.1, 0.15) is 19.3 Å². The molecule has 3 aromatic rings. The fourth-order valence-corrected chi connectivity index (χ4v) is 4.80. The molecule has 2 saturated heterocycles. The summed E-state index contributed by atoms with van der Waals surface area (Å²) in [6.45, 7) is 5.77. The minimum Gasteiger partial charge on any atom is -0.494 e. The molecule has 0 spiro atoms. The Morgan fingerprint density at radius 2 is 1.66 bits per heavy atom. The van der Waals surface area contributed by atoms with Gasteiger partial charge in [0, 0.05) is 68.3 Å². The van der Waals surface area contributed by atoms with E-state index in [-0.39, 0.29) is 24.7 Å². The Labute approximate surface area is 238 Å². The van der Waals surface area contributed by atoms with Gasteiger partial charge in [-0.1, -0.05) is 0 Å². The van der Waals surface area contributed by atoms with Crippen LogP contribution in [0.2, 0.25) is 0 Å². The maximum Gasteiger partial charge on any atom is 0.305 e. The Hall–Kier alpha value is -4.23. The summed E-state index contributed by atoms with van der Waals surface area (Å²) in [5.41, 5.74) is 2.16. The zero-order chi connectivity index (χ0) is 28.6. The second kappa shape index (κ2) is 13.4. The molecule has 5 rings (SSSR count). The molecule has 0 saturated carbocycles. The van der Waals surface area contributed by atoms with Crippen LogP contribution < -0.4 is 25.2 Å². The molecule has 0 unspecified atom stereocenters. The SMILES string of the molecule is COC(=O)CCCC(=O)Nc1cc2c(Nc3cc(N4CCOCC4)cc(N4CCOCC4)n3)ncnc2cc1OC. The number of methoxy groups -OCH3 is 2. The lowest BCUT2D eigenvalue weighted by atomic mass is 10.1. The van der Waals surface area contributed by atoms with Crippen molar-refractivity contribution in [3.05, 3.63) is 30.6 Å². The van der Waals surface area contributed by atoms with Gasteiger partial charge in [0.15, 0.2) is 0 Å². The highest BCUT2D eigenvalue weighted by Gasteiger charge is 2.19. The van der Waals surface area contributed by atoms with Crippen LogP contribution in [-0.2, 0) is 23.8 Å². The number of morpholine rings is 2. The highest BCUT2D eigenvalue weighted by atomic mass is 16.5. The molecule has 2 fully saturated rings. The lowest BCUT2D eigenvalue weighted by Gasteiger charge is -2.32. The highest BCUT2D eigenvalue weighted by molar-refractivity contribution is 5.99. The Morgan fingerprint density at radius 3 is 2.37 bits per heavy atom. The number of carbonyl (C=O) groups excluding carboxylic acids is 2. The number of aromatic nitrogens is 3.